The van der Waals surface area contributed by atoms with Crippen LogP contribution in [0.4, 0.5) is 0 Å². The van der Waals surface area contributed by atoms with E-state index in [9.17, 15) is 0 Å². The average Bonchev–Trinajstić information content (AvgIpc) is 1.60. The zero-order valence-corrected chi connectivity index (χ0v) is 89.5. The Kier molecular flexibility index (Phi) is 27.7. The summed E-state index contributed by atoms with van der Waals surface area (Å²) in [5, 5.41) is 7.51. The van der Waals surface area contributed by atoms with E-state index in [0.29, 0.717) is 17.8 Å². The SMILES string of the molecule is CCC(C)c1ccc2c(c1)c1ncccc1n2-c1ccc(-c2ccc(-n3c4ccccc4c4ncccc43)cc2C)c(C)c1.CCC(CC(C)c1ccc2c(c1)c1ccccc1n2-c1ccc(-c2cccc(-n3c4ccccc4c4ccccc43)c2)cc1)c1c[c-]c(-c2nccn2-c2c(C)cc(C)cc2C)cc1.Cc1cc(C)c(-n2ccnc2-c2[c-]cccc2)c(C)c1.Cc1cc(C)c(-n2ccnc2-c2[c-]cccc2)c(C)c1.[Ir+3]. The molecule has 25 rings (SSSR count). The van der Waals surface area contributed by atoms with Gasteiger partial charge in [0.25, 0.3) is 0 Å². The molecule has 0 aliphatic heterocycles. The first-order chi connectivity index (χ1) is 72.2. The summed E-state index contributed by atoms with van der Waals surface area (Å²) in [5.74, 6) is 4.10. The Balaban J connectivity index is 0.000000130. The van der Waals surface area contributed by atoms with Crippen LogP contribution in [-0.4, -0.2) is 56.9 Å². The van der Waals surface area contributed by atoms with Crippen LogP contribution in [0.2, 0.25) is 0 Å². The van der Waals surface area contributed by atoms with E-state index >= 15 is 0 Å². The van der Waals surface area contributed by atoms with Crippen LogP contribution < -0.4 is 0 Å². The standard InChI is InChI=1S/C60H51N4.C40H34N4.2C18H17N2.Ir/c1-6-43(44-22-24-46(25-23-44)60-61-32-33-62(60)59-41(4)34-39(2)35-42(59)5)36-40(3)47-28-31-58-54(38-47)53-18-9-12-21-57(53)63(58)49-29-26-45(27-30-49)48-14-13-15-50(37-48)64-55-19-10-7-16-51(55)52-17-8-11-20-56(52)64;1-5-25(2)28-14-19-36-34(24-28)40-38(13-9-21-42-40)44(36)30-16-18-32(27(4)23-30)31-17-15-29(22-26(31)3)43-35-11-7-6-10-33(35)39-37(43)12-8-20-41-39;2*1-13-11-14(2)17(15(3)12-13)20-10-9-19-18(20)16-7-5-4-6-8-16;/h7-24,26-35,37-38,40,43H,6,36H2,1-5H3;6-25H,5H2,1-4H3;2*4-7,9-12H,1-3H3;/q-1;;2*-1;+3. The van der Waals surface area contributed by atoms with Crippen molar-refractivity contribution in [1.82, 2.24) is 56.9 Å². The monoisotopic (exact) mass is 2110 g/mol. The van der Waals surface area contributed by atoms with E-state index in [1.807, 2.05) is 104 Å². The van der Waals surface area contributed by atoms with Gasteiger partial charge in [0.05, 0.1) is 72.6 Å². The molecule has 0 aliphatic carbocycles. The predicted molar refractivity (Wildman–Crippen MR) is 617 cm³/mol. The predicted octanol–water partition coefficient (Wildman–Crippen LogP) is 34.8. The van der Waals surface area contributed by atoms with Gasteiger partial charge in [0.15, 0.2) is 0 Å². The van der Waals surface area contributed by atoms with Crippen molar-refractivity contribution in [3.8, 4) is 96.2 Å². The first-order valence-electron chi connectivity index (χ1n) is 51.7. The molecule has 16 aromatic carbocycles. The van der Waals surface area contributed by atoms with Crippen molar-refractivity contribution in [1.29, 1.82) is 0 Å². The smallest absolute Gasteiger partial charge is 0.340 e. The number of imidazole rings is 3. The van der Waals surface area contributed by atoms with E-state index in [2.05, 4.69) is 455 Å². The van der Waals surface area contributed by atoms with Gasteiger partial charge in [-0.1, -0.05) is 214 Å². The van der Waals surface area contributed by atoms with Gasteiger partial charge in [0.1, 0.15) is 0 Å². The third-order valence-corrected chi connectivity index (χ3v) is 29.9. The number of fused-ring (bicyclic) bond motifs is 12. The fourth-order valence-electron chi connectivity index (χ4n) is 23.0. The van der Waals surface area contributed by atoms with E-state index in [4.69, 9.17) is 15.0 Å². The van der Waals surface area contributed by atoms with Crippen LogP contribution in [0.1, 0.15) is 143 Å². The van der Waals surface area contributed by atoms with Gasteiger partial charge < -0.3 is 32.0 Å². The summed E-state index contributed by atoms with van der Waals surface area (Å²) in [6.45, 7) is 33.0. The van der Waals surface area contributed by atoms with Crippen LogP contribution in [0, 0.1) is 94.4 Å². The maximum absolute atomic E-state index is 4.82. The molecule has 0 fully saturated rings. The summed E-state index contributed by atoms with van der Waals surface area (Å²) in [7, 11) is 0. The van der Waals surface area contributed by atoms with Crippen molar-refractivity contribution in [3.05, 3.63) is 491 Å². The van der Waals surface area contributed by atoms with Crippen molar-refractivity contribution < 1.29 is 20.1 Å². The fraction of sp³-hybridized carbons (Fsp3) is 0.154. The van der Waals surface area contributed by atoms with Crippen LogP contribution in [0.25, 0.3) is 184 Å². The third kappa shape index (κ3) is 18.8. The molecule has 0 N–H and O–H groups in total. The van der Waals surface area contributed by atoms with Crippen LogP contribution in [0.15, 0.2) is 395 Å². The molecule has 0 saturated heterocycles. The molecule has 732 valence electrons. The van der Waals surface area contributed by atoms with Crippen molar-refractivity contribution in [3.63, 3.8) is 0 Å². The van der Waals surface area contributed by atoms with E-state index in [-0.39, 0.29) is 20.1 Å². The molecular formula is C136H119IrN12. The Hall–Kier alpha value is -16.7. The number of para-hydroxylation sites is 4. The Morgan fingerprint density at radius 1 is 0.262 bits per heavy atom. The third-order valence-electron chi connectivity index (χ3n) is 29.9. The van der Waals surface area contributed by atoms with Crippen LogP contribution >= 0.6 is 0 Å². The molecule has 0 amide bonds. The second kappa shape index (κ2) is 42.0. The number of aromatic nitrogens is 12. The molecule has 9 aromatic heterocycles. The molecule has 13 heteroatoms. The van der Waals surface area contributed by atoms with E-state index < -0.39 is 0 Å². The van der Waals surface area contributed by atoms with Crippen LogP contribution in [0.5, 0.6) is 0 Å². The second-order valence-electron chi connectivity index (χ2n) is 40.0. The molecule has 12 nitrogen and oxygen atoms in total. The summed E-state index contributed by atoms with van der Waals surface area (Å²) in [5.41, 5.74) is 45.7. The number of rotatable bonds is 19. The minimum atomic E-state index is 0. The minimum Gasteiger partial charge on any atom is -0.340 e. The number of benzene rings is 16. The van der Waals surface area contributed by atoms with Gasteiger partial charge in [0.2, 0.25) is 0 Å². The van der Waals surface area contributed by atoms with Gasteiger partial charge >= 0.3 is 20.1 Å². The topological polar surface area (TPSA) is 99.0 Å². The summed E-state index contributed by atoms with van der Waals surface area (Å²) < 4.78 is 16.0. The largest absolute Gasteiger partial charge is 3.00 e. The Morgan fingerprint density at radius 2 is 0.638 bits per heavy atom. The van der Waals surface area contributed by atoms with Gasteiger partial charge in [-0.2, -0.15) is 0 Å². The van der Waals surface area contributed by atoms with Gasteiger partial charge in [0, 0.05) is 122 Å². The zero-order valence-electron chi connectivity index (χ0n) is 87.1. The van der Waals surface area contributed by atoms with Crippen molar-refractivity contribution in [2.75, 3.05) is 0 Å². The summed E-state index contributed by atoms with van der Waals surface area (Å²) >= 11 is 0. The zero-order chi connectivity index (χ0) is 102. The van der Waals surface area contributed by atoms with E-state index in [0.717, 1.165) is 98.2 Å². The molecule has 25 aromatic rings. The van der Waals surface area contributed by atoms with E-state index in [1.54, 1.807) is 0 Å². The molecular weight excluding hydrogens is 1990 g/mol. The first-order valence-corrected chi connectivity index (χ1v) is 51.7. The molecule has 3 unspecified atom stereocenters. The summed E-state index contributed by atoms with van der Waals surface area (Å²) in [6, 6.07) is 135. The Labute approximate surface area is 886 Å². The van der Waals surface area contributed by atoms with E-state index in [1.165, 1.54) is 183 Å². The van der Waals surface area contributed by atoms with Crippen LogP contribution in [0.3, 0.4) is 0 Å². The second-order valence-corrected chi connectivity index (χ2v) is 40.0. The number of hydrogen-bond acceptors (Lipinski definition) is 5. The number of hydrogen-bond donors (Lipinski definition) is 0. The average molecular weight is 2110 g/mol. The minimum absolute atomic E-state index is 0. The fourth-order valence-corrected chi connectivity index (χ4v) is 23.0. The molecule has 0 bridgehead atoms. The molecule has 0 spiro atoms. The quantitative estimate of drug-likeness (QED) is 0.0751. The van der Waals surface area contributed by atoms with Crippen molar-refractivity contribution in [2.45, 2.75) is 141 Å². The van der Waals surface area contributed by atoms with Crippen molar-refractivity contribution >= 4 is 87.5 Å². The Bertz CT molecular complexity index is 8970. The van der Waals surface area contributed by atoms with Crippen molar-refractivity contribution in [2.24, 2.45) is 0 Å². The van der Waals surface area contributed by atoms with Gasteiger partial charge in [-0.15, -0.1) is 107 Å². The number of pyridine rings is 2. The number of nitrogens with zero attached hydrogens (tertiary/aromatic N) is 12. The van der Waals surface area contributed by atoms with Crippen LogP contribution in [-0.2, 0) is 20.1 Å². The maximum atomic E-state index is 4.82. The summed E-state index contributed by atoms with van der Waals surface area (Å²) in [4.78, 5) is 23.3. The number of aryl methyl sites for hydroxylation is 11. The molecule has 149 heavy (non-hydrogen) atoms. The molecule has 0 saturated carbocycles. The Morgan fingerprint density at radius 3 is 1.08 bits per heavy atom. The normalized spacial score (nSPS) is 12.1. The molecule has 9 heterocycles. The van der Waals surface area contributed by atoms with Gasteiger partial charge in [-0.3, -0.25) is 24.9 Å². The summed E-state index contributed by atoms with van der Waals surface area (Å²) in [6.07, 6.45) is 18.7. The molecule has 0 radical (unpaired) electrons. The van der Waals surface area contributed by atoms with Gasteiger partial charge in [-0.05, 0) is 300 Å². The molecule has 3 atom stereocenters. The molecule has 0 aliphatic rings. The first kappa shape index (κ1) is 98.3. The van der Waals surface area contributed by atoms with Gasteiger partial charge in [-0.25, -0.2) is 0 Å². The maximum Gasteiger partial charge on any atom is 3.00 e.